The van der Waals surface area contributed by atoms with E-state index in [2.05, 4.69) is 9.71 Å². The summed E-state index contributed by atoms with van der Waals surface area (Å²) in [6, 6.07) is 4.54. The molecule has 8 heteroatoms. The maximum absolute atomic E-state index is 12.4. The zero-order valence-corrected chi connectivity index (χ0v) is 13.3. The Balaban J connectivity index is 2.53. The summed E-state index contributed by atoms with van der Waals surface area (Å²) in [6.45, 7) is 3.35. The van der Waals surface area contributed by atoms with Gasteiger partial charge in [0.1, 0.15) is 15.7 Å². The van der Waals surface area contributed by atoms with Crippen molar-refractivity contribution < 1.29 is 8.42 Å². The topological polar surface area (TPSA) is 81.1 Å². The molecule has 21 heavy (non-hydrogen) atoms. The third kappa shape index (κ3) is 3.08. The lowest BCUT2D eigenvalue weighted by atomic mass is 10.2. The van der Waals surface area contributed by atoms with Gasteiger partial charge in [-0.2, -0.15) is 0 Å². The molecule has 6 nitrogen and oxygen atoms in total. The highest BCUT2D eigenvalue weighted by molar-refractivity contribution is 7.92. The van der Waals surface area contributed by atoms with Crippen molar-refractivity contribution >= 4 is 27.3 Å². The standard InChI is InChI=1S/C13H14ClN3O3S/c1-8-6-7-17(3)13(18)11(8)16-21(19,20)10-5-4-9(2)15-12(10)14/h4-7,16H,1-3H3. The number of nitrogens with zero attached hydrogens (tertiary/aromatic N) is 2. The Hall–Kier alpha value is -1.86. The van der Waals surface area contributed by atoms with Gasteiger partial charge in [0.05, 0.1) is 0 Å². The maximum atomic E-state index is 12.4. The molecule has 112 valence electrons. The second kappa shape index (κ2) is 5.50. The molecule has 2 aromatic heterocycles. The van der Waals surface area contributed by atoms with Crippen molar-refractivity contribution in [2.75, 3.05) is 4.72 Å². The molecule has 2 aromatic rings. The largest absolute Gasteiger partial charge is 0.317 e. The van der Waals surface area contributed by atoms with Crippen LogP contribution < -0.4 is 10.3 Å². The molecule has 0 amide bonds. The molecule has 0 bridgehead atoms. The van der Waals surface area contributed by atoms with Gasteiger partial charge in [-0.15, -0.1) is 0 Å². The zero-order valence-electron chi connectivity index (χ0n) is 11.7. The van der Waals surface area contributed by atoms with Crippen molar-refractivity contribution in [1.29, 1.82) is 0 Å². The van der Waals surface area contributed by atoms with Crippen molar-refractivity contribution in [3.63, 3.8) is 0 Å². The van der Waals surface area contributed by atoms with Crippen LogP contribution in [0, 0.1) is 13.8 Å². The second-order valence-corrected chi connectivity index (χ2v) is 6.65. The van der Waals surface area contributed by atoms with E-state index in [9.17, 15) is 13.2 Å². The van der Waals surface area contributed by atoms with Crippen molar-refractivity contribution in [3.8, 4) is 0 Å². The van der Waals surface area contributed by atoms with E-state index >= 15 is 0 Å². The van der Waals surface area contributed by atoms with E-state index in [0.717, 1.165) is 0 Å². The number of halogens is 1. The minimum Gasteiger partial charge on any atom is -0.317 e. The number of hydrogen-bond acceptors (Lipinski definition) is 4. The molecule has 0 aromatic carbocycles. The van der Waals surface area contributed by atoms with Crippen molar-refractivity contribution in [3.05, 3.63) is 51.2 Å². The third-order valence-electron chi connectivity index (χ3n) is 2.96. The van der Waals surface area contributed by atoms with Gasteiger partial charge >= 0.3 is 0 Å². The number of sulfonamides is 1. The Morgan fingerprint density at radius 3 is 2.52 bits per heavy atom. The fourth-order valence-electron chi connectivity index (χ4n) is 1.75. The molecular weight excluding hydrogens is 314 g/mol. The fraction of sp³-hybridized carbons (Fsp3) is 0.231. The number of anilines is 1. The summed E-state index contributed by atoms with van der Waals surface area (Å²) in [7, 11) is -2.44. The minimum absolute atomic E-state index is 0.00311. The number of aromatic nitrogens is 2. The summed E-state index contributed by atoms with van der Waals surface area (Å²) in [5.41, 5.74) is 0.690. The summed E-state index contributed by atoms with van der Waals surface area (Å²) in [6.07, 6.45) is 1.57. The normalized spacial score (nSPS) is 11.4. The summed E-state index contributed by atoms with van der Waals surface area (Å²) >= 11 is 5.88. The molecule has 0 unspecified atom stereocenters. The van der Waals surface area contributed by atoms with Gasteiger partial charge in [0.15, 0.2) is 0 Å². The van der Waals surface area contributed by atoms with E-state index < -0.39 is 15.6 Å². The van der Waals surface area contributed by atoms with Gasteiger partial charge in [0.25, 0.3) is 15.6 Å². The van der Waals surface area contributed by atoms with Crippen molar-refractivity contribution in [1.82, 2.24) is 9.55 Å². The Morgan fingerprint density at radius 1 is 1.24 bits per heavy atom. The fourth-order valence-corrected chi connectivity index (χ4v) is 3.39. The second-order valence-electron chi connectivity index (χ2n) is 4.64. The predicted octanol–water partition coefficient (Wildman–Crippen LogP) is 1.85. The minimum atomic E-state index is -3.98. The highest BCUT2D eigenvalue weighted by atomic mass is 35.5. The van der Waals surface area contributed by atoms with E-state index in [-0.39, 0.29) is 15.7 Å². The molecule has 0 radical (unpaired) electrons. The van der Waals surface area contributed by atoms with Gasteiger partial charge in [-0.3, -0.25) is 9.52 Å². The monoisotopic (exact) mass is 327 g/mol. The van der Waals surface area contributed by atoms with Crippen LogP contribution in [-0.4, -0.2) is 18.0 Å². The van der Waals surface area contributed by atoms with Crippen molar-refractivity contribution in [2.24, 2.45) is 7.05 Å². The van der Waals surface area contributed by atoms with Crippen LogP contribution in [0.15, 0.2) is 34.1 Å². The highest BCUT2D eigenvalue weighted by Gasteiger charge is 2.21. The first kappa shape index (κ1) is 15.5. The average molecular weight is 328 g/mol. The SMILES string of the molecule is Cc1ccc(S(=O)(=O)Nc2c(C)ccn(C)c2=O)c(Cl)n1. The number of pyridine rings is 2. The van der Waals surface area contributed by atoms with Crippen LogP contribution in [-0.2, 0) is 17.1 Å². The third-order valence-corrected chi connectivity index (χ3v) is 4.74. The number of aryl methyl sites for hydroxylation is 3. The molecule has 0 spiro atoms. The molecule has 0 saturated carbocycles. The number of rotatable bonds is 3. The van der Waals surface area contributed by atoms with E-state index in [1.807, 2.05) is 0 Å². The smallest absolute Gasteiger partial charge is 0.274 e. The number of hydrogen-bond donors (Lipinski definition) is 1. The molecule has 0 atom stereocenters. The lowest BCUT2D eigenvalue weighted by Crippen LogP contribution is -2.25. The van der Waals surface area contributed by atoms with Crippen LogP contribution in [0.3, 0.4) is 0 Å². The number of nitrogens with one attached hydrogen (secondary N) is 1. The first-order valence-electron chi connectivity index (χ1n) is 6.04. The summed E-state index contributed by atoms with van der Waals surface area (Å²) in [4.78, 5) is 15.8. The van der Waals surface area contributed by atoms with E-state index in [1.165, 1.54) is 16.7 Å². The van der Waals surface area contributed by atoms with Gasteiger partial charge in [0, 0.05) is 18.9 Å². The lowest BCUT2D eigenvalue weighted by molar-refractivity contribution is 0.600. The molecule has 2 rings (SSSR count). The van der Waals surface area contributed by atoms with Gasteiger partial charge in [-0.05, 0) is 37.6 Å². The van der Waals surface area contributed by atoms with Gasteiger partial charge in [0.2, 0.25) is 0 Å². The highest BCUT2D eigenvalue weighted by Crippen LogP contribution is 2.22. The molecule has 0 aliphatic carbocycles. The Kier molecular flexibility index (Phi) is 4.06. The Labute approximate surface area is 127 Å². The molecule has 1 N–H and O–H groups in total. The van der Waals surface area contributed by atoms with Crippen LogP contribution in [0.5, 0.6) is 0 Å². The van der Waals surface area contributed by atoms with Gasteiger partial charge < -0.3 is 4.57 Å². The van der Waals surface area contributed by atoms with Crippen LogP contribution in [0.1, 0.15) is 11.3 Å². The first-order chi connectivity index (χ1) is 9.72. The molecule has 0 saturated heterocycles. The van der Waals surface area contributed by atoms with E-state index in [0.29, 0.717) is 11.3 Å². The van der Waals surface area contributed by atoms with E-state index in [1.54, 1.807) is 33.2 Å². The molecular formula is C13H14ClN3O3S. The first-order valence-corrected chi connectivity index (χ1v) is 7.90. The lowest BCUT2D eigenvalue weighted by Gasteiger charge is -2.12. The van der Waals surface area contributed by atoms with Crippen molar-refractivity contribution in [2.45, 2.75) is 18.7 Å². The van der Waals surface area contributed by atoms with Crippen LogP contribution in [0.2, 0.25) is 5.15 Å². The Morgan fingerprint density at radius 2 is 1.90 bits per heavy atom. The van der Waals surface area contributed by atoms with Crippen LogP contribution in [0.4, 0.5) is 5.69 Å². The summed E-state index contributed by atoms with van der Waals surface area (Å²) < 4.78 is 28.3. The zero-order chi connectivity index (χ0) is 15.8. The quantitative estimate of drug-likeness (QED) is 0.872. The molecule has 0 aliphatic rings. The van der Waals surface area contributed by atoms with E-state index in [4.69, 9.17) is 11.6 Å². The van der Waals surface area contributed by atoms with Crippen LogP contribution >= 0.6 is 11.6 Å². The summed E-state index contributed by atoms with van der Waals surface area (Å²) in [5.74, 6) is 0. The Bertz CT molecular complexity index is 859. The summed E-state index contributed by atoms with van der Waals surface area (Å²) in [5, 5.41) is -0.132. The predicted molar refractivity (Wildman–Crippen MR) is 81.2 cm³/mol. The molecule has 0 aliphatic heterocycles. The van der Waals surface area contributed by atoms with Gasteiger partial charge in [-0.25, -0.2) is 13.4 Å². The van der Waals surface area contributed by atoms with Crippen LogP contribution in [0.25, 0.3) is 0 Å². The average Bonchev–Trinajstić information content (AvgIpc) is 2.39. The molecule has 2 heterocycles. The molecule has 0 fully saturated rings. The van der Waals surface area contributed by atoms with Gasteiger partial charge in [-0.1, -0.05) is 11.6 Å². The maximum Gasteiger partial charge on any atom is 0.274 e.